The van der Waals surface area contributed by atoms with E-state index < -0.39 is 5.91 Å². The molecule has 2 saturated heterocycles. The van der Waals surface area contributed by atoms with Crippen molar-refractivity contribution >= 4 is 17.5 Å². The molecule has 0 spiro atoms. The molecule has 1 atom stereocenters. The summed E-state index contributed by atoms with van der Waals surface area (Å²) in [5.74, 6) is 0.667. The van der Waals surface area contributed by atoms with E-state index in [1.807, 2.05) is 36.1 Å². The van der Waals surface area contributed by atoms with Gasteiger partial charge in [0.1, 0.15) is 5.75 Å². The number of primary amides is 1. The molecular weight excluding hydrogens is 404 g/mol. The van der Waals surface area contributed by atoms with Crippen molar-refractivity contribution in [1.29, 1.82) is 0 Å². The Labute approximate surface area is 189 Å². The number of amides is 2. The lowest BCUT2D eigenvalue weighted by Crippen LogP contribution is -2.50. The van der Waals surface area contributed by atoms with Gasteiger partial charge >= 0.3 is 0 Å². The van der Waals surface area contributed by atoms with E-state index >= 15 is 0 Å². The van der Waals surface area contributed by atoms with Gasteiger partial charge in [-0.3, -0.25) is 14.5 Å². The van der Waals surface area contributed by atoms with Crippen LogP contribution >= 0.6 is 0 Å². The molecule has 32 heavy (non-hydrogen) atoms. The molecule has 2 aromatic carbocycles. The summed E-state index contributed by atoms with van der Waals surface area (Å²) in [6.07, 6.45) is 2.05. The summed E-state index contributed by atoms with van der Waals surface area (Å²) >= 11 is 0. The number of hydrogen-bond acceptors (Lipinski definition) is 5. The molecule has 0 aromatic heterocycles. The van der Waals surface area contributed by atoms with Crippen molar-refractivity contribution in [2.45, 2.75) is 25.8 Å². The number of carbonyl (C=O) groups excluding carboxylic acids is 2. The highest BCUT2D eigenvalue weighted by atomic mass is 16.5. The summed E-state index contributed by atoms with van der Waals surface area (Å²) in [5.41, 5.74) is 8.11. The van der Waals surface area contributed by atoms with Gasteiger partial charge in [0.2, 0.25) is 11.8 Å². The number of anilines is 1. The third-order valence-corrected chi connectivity index (χ3v) is 6.40. The molecule has 2 fully saturated rings. The fraction of sp³-hybridized carbons (Fsp3) is 0.440. The smallest absolute Gasteiger partial charge is 0.248 e. The van der Waals surface area contributed by atoms with Crippen LogP contribution in [0.25, 0.3) is 0 Å². The lowest BCUT2D eigenvalue weighted by Gasteiger charge is -2.37. The van der Waals surface area contributed by atoms with Crippen molar-refractivity contribution in [3.05, 3.63) is 59.7 Å². The summed E-state index contributed by atoms with van der Waals surface area (Å²) in [6, 6.07) is 15.7. The molecule has 0 radical (unpaired) electrons. The Morgan fingerprint density at radius 3 is 2.28 bits per heavy atom. The molecule has 2 N–H and O–H groups in total. The minimum Gasteiger partial charge on any atom is -0.494 e. The van der Waals surface area contributed by atoms with Crippen LogP contribution in [0.2, 0.25) is 0 Å². The Morgan fingerprint density at radius 2 is 1.66 bits per heavy atom. The molecule has 4 rings (SSSR count). The second-order valence-corrected chi connectivity index (χ2v) is 8.42. The van der Waals surface area contributed by atoms with Crippen molar-refractivity contribution in [1.82, 2.24) is 9.80 Å². The largest absolute Gasteiger partial charge is 0.494 e. The minimum atomic E-state index is -0.412. The third-order valence-electron chi connectivity index (χ3n) is 6.40. The van der Waals surface area contributed by atoms with Crippen molar-refractivity contribution in [3.8, 4) is 5.75 Å². The van der Waals surface area contributed by atoms with Crippen molar-refractivity contribution in [2.24, 2.45) is 5.73 Å². The van der Waals surface area contributed by atoms with Gasteiger partial charge in [0.25, 0.3) is 0 Å². The Bertz CT molecular complexity index is 921. The molecular formula is C25H32N4O3. The number of nitrogens with two attached hydrogens (primary N) is 1. The van der Waals surface area contributed by atoms with Gasteiger partial charge in [0, 0.05) is 44.0 Å². The summed E-state index contributed by atoms with van der Waals surface area (Å²) in [6.45, 7) is 7.29. The Kier molecular flexibility index (Phi) is 6.95. The maximum Gasteiger partial charge on any atom is 0.248 e. The first kappa shape index (κ1) is 22.1. The molecule has 2 aromatic rings. The van der Waals surface area contributed by atoms with Gasteiger partial charge in [0.05, 0.1) is 19.2 Å². The number of ether oxygens (including phenoxy) is 1. The number of benzene rings is 2. The third kappa shape index (κ3) is 5.05. The Hall–Kier alpha value is -3.06. The van der Waals surface area contributed by atoms with Gasteiger partial charge in [-0.25, -0.2) is 0 Å². The van der Waals surface area contributed by atoms with E-state index in [1.165, 1.54) is 5.56 Å². The molecule has 1 unspecified atom stereocenters. The summed E-state index contributed by atoms with van der Waals surface area (Å²) in [5, 5.41) is 0. The lowest BCUT2D eigenvalue weighted by atomic mass is 10.0. The zero-order valence-corrected chi connectivity index (χ0v) is 18.7. The highest BCUT2D eigenvalue weighted by Gasteiger charge is 2.31. The fourth-order valence-corrected chi connectivity index (χ4v) is 4.65. The summed E-state index contributed by atoms with van der Waals surface area (Å²) in [7, 11) is 0. The molecule has 7 heteroatoms. The topological polar surface area (TPSA) is 79.1 Å². The molecule has 170 valence electrons. The van der Waals surface area contributed by atoms with E-state index in [1.54, 1.807) is 12.1 Å². The Morgan fingerprint density at radius 1 is 0.969 bits per heavy atom. The normalized spacial score (nSPS) is 19.2. The molecule has 2 amide bonds. The number of piperazine rings is 1. The van der Waals surface area contributed by atoms with Crippen molar-refractivity contribution in [3.63, 3.8) is 0 Å². The lowest BCUT2D eigenvalue weighted by molar-refractivity contribution is -0.133. The molecule has 0 saturated carbocycles. The first-order chi connectivity index (χ1) is 15.5. The van der Waals surface area contributed by atoms with Crippen LogP contribution in [0.5, 0.6) is 5.75 Å². The zero-order chi connectivity index (χ0) is 22.5. The van der Waals surface area contributed by atoms with Crippen LogP contribution in [0.3, 0.4) is 0 Å². The van der Waals surface area contributed by atoms with Gasteiger partial charge in [-0.2, -0.15) is 0 Å². The maximum atomic E-state index is 13.1. The molecule has 2 heterocycles. The minimum absolute atomic E-state index is 0.156. The molecule has 0 aliphatic carbocycles. The number of hydrogen-bond donors (Lipinski definition) is 1. The van der Waals surface area contributed by atoms with E-state index in [2.05, 4.69) is 21.9 Å². The van der Waals surface area contributed by atoms with Gasteiger partial charge in [-0.1, -0.05) is 12.1 Å². The zero-order valence-electron chi connectivity index (χ0n) is 18.7. The van der Waals surface area contributed by atoms with Crippen LogP contribution < -0.4 is 15.4 Å². The number of carbonyl (C=O) groups is 2. The fourth-order valence-electron chi connectivity index (χ4n) is 4.65. The average Bonchev–Trinajstić information content (AvgIpc) is 3.31. The van der Waals surface area contributed by atoms with Crippen molar-refractivity contribution in [2.75, 3.05) is 50.8 Å². The van der Waals surface area contributed by atoms with Crippen LogP contribution in [0.4, 0.5) is 5.69 Å². The highest BCUT2D eigenvalue weighted by Crippen LogP contribution is 2.33. The second kappa shape index (κ2) is 10.0. The van der Waals surface area contributed by atoms with E-state index in [4.69, 9.17) is 10.5 Å². The number of likely N-dealkylation sites (tertiary alicyclic amines) is 1. The molecule has 0 bridgehead atoms. The maximum absolute atomic E-state index is 13.1. The monoisotopic (exact) mass is 436 g/mol. The Balaban J connectivity index is 1.30. The average molecular weight is 437 g/mol. The SMILES string of the molecule is CCOc1ccc(C2CCCN2C(=O)CN2CCN(c3ccc(C(N)=O)cc3)CC2)cc1. The first-order valence-electron chi connectivity index (χ1n) is 11.4. The predicted octanol–water partition coefficient (Wildman–Crippen LogP) is 2.67. The first-order valence-corrected chi connectivity index (χ1v) is 11.4. The summed E-state index contributed by atoms with van der Waals surface area (Å²) < 4.78 is 5.54. The van der Waals surface area contributed by atoms with Crippen LogP contribution in [0.1, 0.15) is 41.7 Å². The van der Waals surface area contributed by atoms with E-state index in [0.29, 0.717) is 18.7 Å². The van der Waals surface area contributed by atoms with Crippen LogP contribution in [-0.4, -0.2) is 67.5 Å². The van der Waals surface area contributed by atoms with E-state index in [0.717, 1.165) is 57.0 Å². The highest BCUT2D eigenvalue weighted by molar-refractivity contribution is 5.93. The molecule has 7 nitrogen and oxygen atoms in total. The summed E-state index contributed by atoms with van der Waals surface area (Å²) in [4.78, 5) is 30.9. The standard InChI is InChI=1S/C25H32N4O3/c1-2-32-22-11-7-19(8-12-22)23-4-3-13-29(23)24(30)18-27-14-16-28(17-15-27)21-9-5-20(6-10-21)25(26)31/h5-12,23H,2-4,13-18H2,1H3,(H2,26,31). The van der Waals surface area contributed by atoms with Crippen LogP contribution in [-0.2, 0) is 4.79 Å². The van der Waals surface area contributed by atoms with E-state index in [9.17, 15) is 9.59 Å². The van der Waals surface area contributed by atoms with Crippen LogP contribution in [0.15, 0.2) is 48.5 Å². The van der Waals surface area contributed by atoms with Gasteiger partial charge in [-0.15, -0.1) is 0 Å². The van der Waals surface area contributed by atoms with Gasteiger partial charge < -0.3 is 20.3 Å². The second-order valence-electron chi connectivity index (χ2n) is 8.42. The van der Waals surface area contributed by atoms with Crippen molar-refractivity contribution < 1.29 is 14.3 Å². The number of nitrogens with zero attached hydrogens (tertiary/aromatic N) is 3. The predicted molar refractivity (Wildman–Crippen MR) is 125 cm³/mol. The van der Waals surface area contributed by atoms with Crippen LogP contribution in [0, 0.1) is 0 Å². The number of rotatable bonds is 7. The van der Waals surface area contributed by atoms with Gasteiger partial charge in [-0.05, 0) is 61.7 Å². The molecule has 2 aliphatic rings. The molecule has 2 aliphatic heterocycles. The van der Waals surface area contributed by atoms with E-state index in [-0.39, 0.29) is 11.9 Å². The van der Waals surface area contributed by atoms with Gasteiger partial charge in [0.15, 0.2) is 0 Å². The quantitative estimate of drug-likeness (QED) is 0.722.